The number of hydrogen-bond donors (Lipinski definition) is 1. The lowest BCUT2D eigenvalue weighted by atomic mass is 10.1. The van der Waals surface area contributed by atoms with Gasteiger partial charge in [-0.3, -0.25) is 14.5 Å². The van der Waals surface area contributed by atoms with E-state index in [2.05, 4.69) is 15.5 Å². The molecule has 2 aliphatic heterocycles. The summed E-state index contributed by atoms with van der Waals surface area (Å²) < 4.78 is 7.08. The van der Waals surface area contributed by atoms with Crippen LogP contribution in [-0.4, -0.2) is 68.1 Å². The second-order valence-electron chi connectivity index (χ2n) is 6.91. The molecule has 10 heteroatoms. The van der Waals surface area contributed by atoms with Crippen LogP contribution < -0.4 is 5.32 Å². The summed E-state index contributed by atoms with van der Waals surface area (Å²) in [6.45, 7) is 5.99. The minimum absolute atomic E-state index is 0.0209. The Morgan fingerprint density at radius 3 is 2.68 bits per heavy atom. The topological polar surface area (TPSA) is 110 Å². The lowest BCUT2D eigenvalue weighted by Gasteiger charge is -2.33. The molecule has 1 N–H and O–H groups in total. The third kappa shape index (κ3) is 2.97. The molecule has 1 aromatic heterocycles. The summed E-state index contributed by atoms with van der Waals surface area (Å²) in [7, 11) is 1.59. The monoisotopic (exact) mass is 350 g/mol. The van der Waals surface area contributed by atoms with Crippen molar-refractivity contribution in [1.82, 2.24) is 29.9 Å². The molecular weight excluding hydrogens is 328 g/mol. The van der Waals surface area contributed by atoms with Crippen LogP contribution in [0.1, 0.15) is 38.5 Å². The van der Waals surface area contributed by atoms with Crippen molar-refractivity contribution in [3.8, 4) is 0 Å². The summed E-state index contributed by atoms with van der Waals surface area (Å²) in [5.41, 5.74) is -0.984. The van der Waals surface area contributed by atoms with Gasteiger partial charge in [0.15, 0.2) is 11.6 Å². The lowest BCUT2D eigenvalue weighted by Crippen LogP contribution is -2.47. The number of nitrogens with zero attached hydrogens (tertiary/aromatic N) is 5. The van der Waals surface area contributed by atoms with E-state index in [1.54, 1.807) is 25.9 Å². The number of fused-ring (bicyclic) bond motifs is 1. The predicted molar refractivity (Wildman–Crippen MR) is 85.2 cm³/mol. The number of nitrogens with one attached hydrogen (secondary N) is 1. The number of urea groups is 1. The predicted octanol–water partition coefficient (Wildman–Crippen LogP) is -0.342. The van der Waals surface area contributed by atoms with Crippen molar-refractivity contribution >= 4 is 17.8 Å². The molecule has 4 amide bonds. The summed E-state index contributed by atoms with van der Waals surface area (Å²) in [4.78, 5) is 39.3. The first-order valence-corrected chi connectivity index (χ1v) is 8.08. The number of carbonyl (C=O) groups excluding carboxylic acids is 3. The van der Waals surface area contributed by atoms with Gasteiger partial charge in [-0.15, -0.1) is 10.2 Å². The van der Waals surface area contributed by atoms with E-state index >= 15 is 0 Å². The SMILES string of the molecule is COCc1nnc2n1[C@@H](C)CN(C(=O)CN1C(=O)NC(C)(C)C1=O)C2. The van der Waals surface area contributed by atoms with Gasteiger partial charge in [-0.1, -0.05) is 0 Å². The first kappa shape index (κ1) is 17.3. The van der Waals surface area contributed by atoms with Gasteiger partial charge in [0.2, 0.25) is 5.91 Å². The van der Waals surface area contributed by atoms with Crippen molar-refractivity contribution in [3.05, 3.63) is 11.6 Å². The maximum absolute atomic E-state index is 12.6. The molecule has 0 radical (unpaired) electrons. The third-order valence-corrected chi connectivity index (χ3v) is 4.46. The van der Waals surface area contributed by atoms with Crippen LogP contribution in [0.5, 0.6) is 0 Å². The Kier molecular flexibility index (Phi) is 4.23. The molecule has 3 heterocycles. The molecule has 0 spiro atoms. The molecule has 1 saturated heterocycles. The molecule has 1 fully saturated rings. The zero-order valence-electron chi connectivity index (χ0n) is 14.8. The molecule has 3 rings (SSSR count). The highest BCUT2D eigenvalue weighted by molar-refractivity contribution is 6.08. The molecule has 2 aliphatic rings. The van der Waals surface area contributed by atoms with E-state index in [4.69, 9.17) is 4.74 Å². The van der Waals surface area contributed by atoms with E-state index in [-0.39, 0.29) is 25.0 Å². The van der Waals surface area contributed by atoms with Gasteiger partial charge in [-0.25, -0.2) is 4.79 Å². The van der Waals surface area contributed by atoms with Crippen molar-refractivity contribution in [3.63, 3.8) is 0 Å². The summed E-state index contributed by atoms with van der Waals surface area (Å²) in [5, 5.41) is 10.8. The van der Waals surface area contributed by atoms with Crippen LogP contribution in [0.3, 0.4) is 0 Å². The van der Waals surface area contributed by atoms with Crippen LogP contribution in [0.25, 0.3) is 0 Å². The Hall–Kier alpha value is -2.49. The van der Waals surface area contributed by atoms with Gasteiger partial charge in [0.1, 0.15) is 18.7 Å². The zero-order chi connectivity index (χ0) is 18.4. The normalized spacial score (nSPS) is 22.2. The van der Waals surface area contributed by atoms with Gasteiger partial charge in [0, 0.05) is 13.7 Å². The third-order valence-electron chi connectivity index (χ3n) is 4.46. The minimum Gasteiger partial charge on any atom is -0.377 e. The van der Waals surface area contributed by atoms with Crippen molar-refractivity contribution in [1.29, 1.82) is 0 Å². The Morgan fingerprint density at radius 1 is 1.36 bits per heavy atom. The van der Waals surface area contributed by atoms with Crippen LogP contribution in [-0.2, 0) is 27.5 Å². The zero-order valence-corrected chi connectivity index (χ0v) is 14.8. The smallest absolute Gasteiger partial charge is 0.325 e. The number of carbonyl (C=O) groups is 3. The molecule has 25 heavy (non-hydrogen) atoms. The number of amides is 4. The molecule has 0 unspecified atom stereocenters. The Labute approximate surface area is 145 Å². The molecule has 10 nitrogen and oxygen atoms in total. The summed E-state index contributed by atoms with van der Waals surface area (Å²) in [5.74, 6) is 0.682. The van der Waals surface area contributed by atoms with Crippen LogP contribution in [0.2, 0.25) is 0 Å². The van der Waals surface area contributed by atoms with E-state index < -0.39 is 17.5 Å². The molecule has 1 atom stereocenters. The number of ether oxygens (including phenoxy) is 1. The molecule has 0 bridgehead atoms. The highest BCUT2D eigenvalue weighted by Gasteiger charge is 2.45. The number of hydrogen-bond acceptors (Lipinski definition) is 6. The van der Waals surface area contributed by atoms with Crippen molar-refractivity contribution in [2.24, 2.45) is 0 Å². The number of methoxy groups -OCH3 is 1. The summed E-state index contributed by atoms with van der Waals surface area (Å²) in [6.07, 6.45) is 0. The largest absolute Gasteiger partial charge is 0.377 e. The van der Waals surface area contributed by atoms with Crippen LogP contribution in [0.4, 0.5) is 4.79 Å². The second-order valence-corrected chi connectivity index (χ2v) is 6.91. The second kappa shape index (κ2) is 6.10. The van der Waals surface area contributed by atoms with Gasteiger partial charge in [-0.2, -0.15) is 0 Å². The van der Waals surface area contributed by atoms with Crippen molar-refractivity contribution in [2.75, 3.05) is 20.2 Å². The molecule has 1 aromatic rings. The quantitative estimate of drug-likeness (QED) is 0.744. The maximum Gasteiger partial charge on any atom is 0.325 e. The molecule has 0 saturated carbocycles. The fourth-order valence-corrected chi connectivity index (χ4v) is 3.23. The van der Waals surface area contributed by atoms with Gasteiger partial charge in [-0.05, 0) is 20.8 Å². The first-order valence-electron chi connectivity index (χ1n) is 8.08. The fourth-order valence-electron chi connectivity index (χ4n) is 3.23. The molecule has 0 aromatic carbocycles. The van der Waals surface area contributed by atoms with E-state index in [9.17, 15) is 14.4 Å². The van der Waals surface area contributed by atoms with E-state index in [1.165, 1.54) is 0 Å². The average Bonchev–Trinajstić information content (AvgIpc) is 3.02. The standard InChI is InChI=1S/C15H22N6O4/c1-9-5-19(6-10-17-18-11(8-25-4)21(9)10)12(22)7-20-13(23)15(2,3)16-14(20)24/h9H,5-8H2,1-4H3,(H,16,24)/t9-/m0/s1. The highest BCUT2D eigenvalue weighted by atomic mass is 16.5. The van der Waals surface area contributed by atoms with Gasteiger partial charge in [0.25, 0.3) is 5.91 Å². The molecule has 0 aliphatic carbocycles. The van der Waals surface area contributed by atoms with E-state index in [0.717, 1.165) is 4.90 Å². The van der Waals surface area contributed by atoms with Crippen LogP contribution in [0, 0.1) is 0 Å². The van der Waals surface area contributed by atoms with E-state index in [0.29, 0.717) is 24.8 Å². The molecular formula is C15H22N6O4. The minimum atomic E-state index is -0.984. The Bertz CT molecular complexity index is 728. The molecule has 136 valence electrons. The lowest BCUT2D eigenvalue weighted by molar-refractivity contribution is -0.139. The van der Waals surface area contributed by atoms with Gasteiger partial charge in [0.05, 0.1) is 12.6 Å². The van der Waals surface area contributed by atoms with Crippen LogP contribution in [0.15, 0.2) is 0 Å². The van der Waals surface area contributed by atoms with E-state index in [1.807, 2.05) is 11.5 Å². The summed E-state index contributed by atoms with van der Waals surface area (Å²) >= 11 is 0. The van der Waals surface area contributed by atoms with Gasteiger partial charge < -0.3 is 19.5 Å². The average molecular weight is 350 g/mol. The van der Waals surface area contributed by atoms with Gasteiger partial charge >= 0.3 is 6.03 Å². The van der Waals surface area contributed by atoms with Crippen molar-refractivity contribution < 1.29 is 19.1 Å². The summed E-state index contributed by atoms with van der Waals surface area (Å²) in [6, 6.07) is -0.564. The van der Waals surface area contributed by atoms with Crippen LogP contribution >= 0.6 is 0 Å². The maximum atomic E-state index is 12.6. The Balaban J connectivity index is 1.72. The number of imide groups is 1. The highest BCUT2D eigenvalue weighted by Crippen LogP contribution is 2.23. The Morgan fingerprint density at radius 2 is 2.08 bits per heavy atom. The number of aromatic nitrogens is 3. The first-order chi connectivity index (χ1) is 11.7. The fraction of sp³-hybridized carbons (Fsp3) is 0.667. The number of rotatable bonds is 4. The van der Waals surface area contributed by atoms with Crippen molar-refractivity contribution in [2.45, 2.75) is 45.5 Å².